The summed E-state index contributed by atoms with van der Waals surface area (Å²) in [6, 6.07) is -0.388. The molecule has 0 fully saturated rings. The molecule has 0 aromatic rings. The number of amides is 1. The number of carbonyl (C=O) groups is 1. The van der Waals surface area contributed by atoms with Crippen molar-refractivity contribution in [3.63, 3.8) is 0 Å². The summed E-state index contributed by atoms with van der Waals surface area (Å²) in [6.07, 6.45) is 4.03. The molecule has 0 saturated heterocycles. The van der Waals surface area contributed by atoms with Crippen LogP contribution in [0.15, 0.2) is 0 Å². The highest BCUT2D eigenvalue weighted by Gasteiger charge is 2.18. The molecule has 3 N–H and O–H groups in total. The fourth-order valence-electron chi connectivity index (χ4n) is 1.36. The highest BCUT2D eigenvalue weighted by Crippen LogP contribution is 2.04. The Labute approximate surface area is 105 Å². The molecule has 0 spiro atoms. The van der Waals surface area contributed by atoms with Crippen LogP contribution in [0.2, 0.25) is 0 Å². The van der Waals surface area contributed by atoms with Gasteiger partial charge in [0.2, 0.25) is 5.91 Å². The molecule has 2 unspecified atom stereocenters. The lowest BCUT2D eigenvalue weighted by Gasteiger charge is -2.17. The maximum atomic E-state index is 11.6. The van der Waals surface area contributed by atoms with Crippen LogP contribution in [-0.2, 0) is 9.53 Å². The van der Waals surface area contributed by atoms with Crippen LogP contribution in [0.1, 0.15) is 46.5 Å². The van der Waals surface area contributed by atoms with Crippen molar-refractivity contribution in [2.75, 3.05) is 19.8 Å². The third-order valence-corrected chi connectivity index (χ3v) is 2.97. The van der Waals surface area contributed by atoms with Crippen LogP contribution < -0.4 is 11.1 Å². The molecule has 0 rings (SSSR count). The maximum Gasteiger partial charge on any atom is 0.237 e. The van der Waals surface area contributed by atoms with Crippen LogP contribution in [0.3, 0.4) is 0 Å². The van der Waals surface area contributed by atoms with E-state index < -0.39 is 0 Å². The number of hydrogen-bond donors (Lipinski definition) is 2. The monoisotopic (exact) mass is 244 g/mol. The Morgan fingerprint density at radius 1 is 1.29 bits per heavy atom. The molecule has 17 heavy (non-hydrogen) atoms. The first-order valence-electron chi connectivity index (χ1n) is 6.74. The molecule has 4 heteroatoms. The van der Waals surface area contributed by atoms with E-state index >= 15 is 0 Å². The van der Waals surface area contributed by atoms with Crippen LogP contribution in [0.25, 0.3) is 0 Å². The normalized spacial score (nSPS) is 14.4. The average Bonchev–Trinajstić information content (AvgIpc) is 2.35. The zero-order valence-electron chi connectivity index (χ0n) is 11.5. The molecule has 0 aliphatic rings. The number of nitrogens with two attached hydrogens (primary N) is 1. The number of hydrogen-bond acceptors (Lipinski definition) is 3. The van der Waals surface area contributed by atoms with Crippen molar-refractivity contribution in [2.45, 2.75) is 52.5 Å². The van der Waals surface area contributed by atoms with Gasteiger partial charge in [0, 0.05) is 19.8 Å². The van der Waals surface area contributed by atoms with Crippen molar-refractivity contribution in [2.24, 2.45) is 11.7 Å². The molecule has 1 amide bonds. The van der Waals surface area contributed by atoms with E-state index in [2.05, 4.69) is 12.2 Å². The Hall–Kier alpha value is -0.610. The molecule has 0 aromatic carbocycles. The van der Waals surface area contributed by atoms with Crippen LogP contribution in [0.5, 0.6) is 0 Å². The minimum absolute atomic E-state index is 0.0482. The van der Waals surface area contributed by atoms with Gasteiger partial charge < -0.3 is 15.8 Å². The van der Waals surface area contributed by atoms with Gasteiger partial charge >= 0.3 is 0 Å². The molecule has 0 aliphatic heterocycles. The first kappa shape index (κ1) is 16.4. The summed E-state index contributed by atoms with van der Waals surface area (Å²) in [6.45, 7) is 8.35. The summed E-state index contributed by atoms with van der Waals surface area (Å²) in [4.78, 5) is 11.6. The second-order valence-electron chi connectivity index (χ2n) is 4.52. The first-order valence-corrected chi connectivity index (χ1v) is 6.74. The molecule has 2 atom stereocenters. The molecule has 0 radical (unpaired) electrons. The summed E-state index contributed by atoms with van der Waals surface area (Å²) >= 11 is 0. The van der Waals surface area contributed by atoms with Crippen molar-refractivity contribution >= 4 is 5.91 Å². The lowest BCUT2D eigenvalue weighted by Crippen LogP contribution is -2.44. The van der Waals surface area contributed by atoms with Crippen LogP contribution in [-0.4, -0.2) is 31.7 Å². The first-order chi connectivity index (χ1) is 8.13. The molecule has 0 bridgehead atoms. The third kappa shape index (κ3) is 8.16. The van der Waals surface area contributed by atoms with Gasteiger partial charge in [-0.25, -0.2) is 0 Å². The highest BCUT2D eigenvalue weighted by molar-refractivity contribution is 5.81. The number of rotatable bonds is 10. The second kappa shape index (κ2) is 10.5. The Morgan fingerprint density at radius 2 is 1.94 bits per heavy atom. The van der Waals surface area contributed by atoms with Crippen LogP contribution >= 0.6 is 0 Å². The molecule has 0 heterocycles. The fourth-order valence-corrected chi connectivity index (χ4v) is 1.36. The molecule has 102 valence electrons. The minimum atomic E-state index is -0.388. The van der Waals surface area contributed by atoms with Gasteiger partial charge in [-0.2, -0.15) is 0 Å². The summed E-state index contributed by atoms with van der Waals surface area (Å²) in [7, 11) is 0. The van der Waals surface area contributed by atoms with Gasteiger partial charge in [-0.05, 0) is 18.8 Å². The standard InChI is InChI=1S/C13H28N2O2/c1-4-6-9-17-10-7-8-15-13(16)12(14)11(3)5-2/h11-12H,4-10,14H2,1-3H3,(H,15,16). The van der Waals surface area contributed by atoms with Gasteiger partial charge in [-0.3, -0.25) is 4.79 Å². The van der Waals surface area contributed by atoms with Crippen molar-refractivity contribution in [1.82, 2.24) is 5.32 Å². The molecule has 0 aromatic heterocycles. The number of unbranched alkanes of at least 4 members (excludes halogenated alkanes) is 1. The Balaban J connectivity index is 3.45. The average molecular weight is 244 g/mol. The van der Waals surface area contributed by atoms with Gasteiger partial charge in [0.25, 0.3) is 0 Å². The lowest BCUT2D eigenvalue weighted by molar-refractivity contribution is -0.123. The predicted octanol–water partition coefficient (Wildman–Crippen LogP) is 1.68. The van der Waals surface area contributed by atoms with E-state index in [-0.39, 0.29) is 17.9 Å². The van der Waals surface area contributed by atoms with Crippen LogP contribution in [0, 0.1) is 5.92 Å². The second-order valence-corrected chi connectivity index (χ2v) is 4.52. The SMILES string of the molecule is CCCCOCCCNC(=O)C(N)C(C)CC. The molecule has 4 nitrogen and oxygen atoms in total. The maximum absolute atomic E-state index is 11.6. The zero-order valence-corrected chi connectivity index (χ0v) is 11.5. The Morgan fingerprint density at radius 3 is 2.53 bits per heavy atom. The van der Waals surface area contributed by atoms with Gasteiger partial charge in [0.05, 0.1) is 6.04 Å². The molecular weight excluding hydrogens is 216 g/mol. The lowest BCUT2D eigenvalue weighted by atomic mass is 9.99. The van der Waals surface area contributed by atoms with Gasteiger partial charge in [-0.1, -0.05) is 33.6 Å². The van der Waals surface area contributed by atoms with Gasteiger partial charge in [0.15, 0.2) is 0 Å². The van der Waals surface area contributed by atoms with E-state index in [9.17, 15) is 4.79 Å². The smallest absolute Gasteiger partial charge is 0.237 e. The van der Waals surface area contributed by atoms with E-state index in [0.717, 1.165) is 32.3 Å². The number of carbonyl (C=O) groups excluding carboxylic acids is 1. The van der Waals surface area contributed by atoms with Gasteiger partial charge in [-0.15, -0.1) is 0 Å². The third-order valence-electron chi connectivity index (χ3n) is 2.97. The Kier molecular flexibility index (Phi) is 10.2. The molecular formula is C13H28N2O2. The van der Waals surface area contributed by atoms with Crippen molar-refractivity contribution < 1.29 is 9.53 Å². The summed E-state index contributed by atoms with van der Waals surface area (Å²) in [5.41, 5.74) is 5.81. The largest absolute Gasteiger partial charge is 0.381 e. The van der Waals surface area contributed by atoms with Crippen molar-refractivity contribution in [3.05, 3.63) is 0 Å². The van der Waals surface area contributed by atoms with E-state index in [4.69, 9.17) is 10.5 Å². The summed E-state index contributed by atoms with van der Waals surface area (Å²) < 4.78 is 5.40. The van der Waals surface area contributed by atoms with E-state index in [1.807, 2.05) is 13.8 Å². The minimum Gasteiger partial charge on any atom is -0.381 e. The fraction of sp³-hybridized carbons (Fsp3) is 0.923. The predicted molar refractivity (Wildman–Crippen MR) is 70.8 cm³/mol. The highest BCUT2D eigenvalue weighted by atomic mass is 16.5. The summed E-state index contributed by atoms with van der Waals surface area (Å²) in [5.74, 6) is 0.184. The zero-order chi connectivity index (χ0) is 13.1. The van der Waals surface area contributed by atoms with E-state index in [1.54, 1.807) is 0 Å². The van der Waals surface area contributed by atoms with Gasteiger partial charge in [0.1, 0.15) is 0 Å². The Bertz CT molecular complexity index is 198. The van der Waals surface area contributed by atoms with E-state index in [0.29, 0.717) is 13.2 Å². The summed E-state index contributed by atoms with van der Waals surface area (Å²) in [5, 5.41) is 2.84. The molecule has 0 saturated carbocycles. The molecule has 0 aliphatic carbocycles. The van der Waals surface area contributed by atoms with Crippen LogP contribution in [0.4, 0.5) is 0 Å². The topological polar surface area (TPSA) is 64.3 Å². The van der Waals surface area contributed by atoms with Crippen molar-refractivity contribution in [3.8, 4) is 0 Å². The van der Waals surface area contributed by atoms with E-state index in [1.165, 1.54) is 0 Å². The van der Waals surface area contributed by atoms with Crippen molar-refractivity contribution in [1.29, 1.82) is 0 Å². The quantitative estimate of drug-likeness (QED) is 0.575. The number of nitrogens with one attached hydrogen (secondary N) is 1. The number of ether oxygens (including phenoxy) is 1.